The first-order chi connectivity index (χ1) is 15.7. The number of carbonyl (C=O) groups excluding carboxylic acids is 2. The maximum absolute atomic E-state index is 13.4. The summed E-state index contributed by atoms with van der Waals surface area (Å²) in [5, 5.41) is 2.90. The van der Waals surface area contributed by atoms with Gasteiger partial charge in [0.1, 0.15) is 6.04 Å². The SMILES string of the molecule is CCOCCCNC(=O)C(c1ccccc1)N(Cc1ccccc1)C(=O)CN(C)S(C)(=O)=O. The molecule has 2 aromatic carbocycles. The Bertz CT molecular complexity index is 984. The van der Waals surface area contributed by atoms with Crippen LogP contribution in [0.3, 0.4) is 0 Å². The Morgan fingerprint density at radius 1 is 1.03 bits per heavy atom. The van der Waals surface area contributed by atoms with Crippen molar-refractivity contribution in [2.24, 2.45) is 0 Å². The van der Waals surface area contributed by atoms with E-state index in [1.54, 1.807) is 24.3 Å². The van der Waals surface area contributed by atoms with Gasteiger partial charge in [0.15, 0.2) is 0 Å². The van der Waals surface area contributed by atoms with E-state index in [9.17, 15) is 18.0 Å². The van der Waals surface area contributed by atoms with E-state index in [4.69, 9.17) is 4.74 Å². The molecule has 0 aromatic heterocycles. The van der Waals surface area contributed by atoms with Crippen LogP contribution in [0.4, 0.5) is 0 Å². The monoisotopic (exact) mass is 475 g/mol. The summed E-state index contributed by atoms with van der Waals surface area (Å²) in [6.45, 7) is 3.23. The van der Waals surface area contributed by atoms with Gasteiger partial charge in [-0.1, -0.05) is 60.7 Å². The third kappa shape index (κ3) is 8.60. The number of sulfonamides is 1. The molecule has 0 fully saturated rings. The molecule has 0 aliphatic carbocycles. The zero-order valence-corrected chi connectivity index (χ0v) is 20.3. The molecule has 2 rings (SSSR count). The molecule has 33 heavy (non-hydrogen) atoms. The van der Waals surface area contributed by atoms with Gasteiger partial charge >= 0.3 is 0 Å². The van der Waals surface area contributed by atoms with Crippen LogP contribution in [0.1, 0.15) is 30.5 Å². The number of hydrogen-bond acceptors (Lipinski definition) is 5. The molecule has 1 atom stereocenters. The lowest BCUT2D eigenvalue weighted by Crippen LogP contribution is -2.47. The highest BCUT2D eigenvalue weighted by atomic mass is 32.2. The highest BCUT2D eigenvalue weighted by Gasteiger charge is 2.32. The molecule has 1 unspecified atom stereocenters. The van der Waals surface area contributed by atoms with Crippen LogP contribution in [0.5, 0.6) is 0 Å². The van der Waals surface area contributed by atoms with Gasteiger partial charge in [-0.15, -0.1) is 0 Å². The summed E-state index contributed by atoms with van der Waals surface area (Å²) in [7, 11) is -2.22. The number of hydrogen-bond donors (Lipinski definition) is 1. The van der Waals surface area contributed by atoms with Crippen molar-refractivity contribution in [2.75, 3.05) is 39.6 Å². The number of benzene rings is 2. The van der Waals surface area contributed by atoms with Crippen molar-refractivity contribution in [1.82, 2.24) is 14.5 Å². The number of rotatable bonds is 13. The fourth-order valence-electron chi connectivity index (χ4n) is 3.24. The van der Waals surface area contributed by atoms with E-state index in [2.05, 4.69) is 5.32 Å². The van der Waals surface area contributed by atoms with Crippen LogP contribution in [0, 0.1) is 0 Å². The van der Waals surface area contributed by atoms with Gasteiger partial charge in [0.05, 0.1) is 12.8 Å². The molecular formula is C24H33N3O5S. The van der Waals surface area contributed by atoms with E-state index in [-0.39, 0.29) is 19.0 Å². The summed E-state index contributed by atoms with van der Waals surface area (Å²) in [5.74, 6) is -0.797. The predicted molar refractivity (Wildman–Crippen MR) is 128 cm³/mol. The van der Waals surface area contributed by atoms with Crippen molar-refractivity contribution in [3.8, 4) is 0 Å². The Hall–Kier alpha value is -2.75. The van der Waals surface area contributed by atoms with Crippen molar-refractivity contribution in [3.63, 3.8) is 0 Å². The van der Waals surface area contributed by atoms with E-state index in [0.29, 0.717) is 31.7 Å². The molecule has 0 heterocycles. The first-order valence-corrected chi connectivity index (χ1v) is 12.7. The van der Waals surface area contributed by atoms with Gasteiger partial charge in [0.25, 0.3) is 0 Å². The second-order valence-corrected chi connectivity index (χ2v) is 9.77. The van der Waals surface area contributed by atoms with Crippen LogP contribution < -0.4 is 5.32 Å². The molecule has 1 N–H and O–H groups in total. The van der Waals surface area contributed by atoms with Crippen LogP contribution in [0.25, 0.3) is 0 Å². The van der Waals surface area contributed by atoms with E-state index < -0.39 is 22.0 Å². The normalized spacial score (nSPS) is 12.4. The predicted octanol–water partition coefficient (Wildman–Crippen LogP) is 2.19. The Labute approximate surface area is 196 Å². The molecule has 0 spiro atoms. The first-order valence-electron chi connectivity index (χ1n) is 10.9. The van der Waals surface area contributed by atoms with Gasteiger partial charge in [0, 0.05) is 33.4 Å². The fraction of sp³-hybridized carbons (Fsp3) is 0.417. The van der Waals surface area contributed by atoms with Gasteiger partial charge in [-0.2, -0.15) is 4.31 Å². The largest absolute Gasteiger partial charge is 0.382 e. The van der Waals surface area contributed by atoms with Gasteiger partial charge < -0.3 is 15.0 Å². The standard InChI is InChI=1S/C24H33N3O5S/c1-4-32-17-11-16-25-24(29)23(21-14-9-6-10-15-21)27(18-20-12-7-5-8-13-20)22(28)19-26(2)33(3,30)31/h5-10,12-15,23H,4,11,16-19H2,1-3H3,(H,25,29). The minimum absolute atomic E-state index is 0.156. The molecule has 180 valence electrons. The molecule has 2 amide bonds. The number of nitrogens with one attached hydrogen (secondary N) is 1. The van der Waals surface area contributed by atoms with Gasteiger partial charge in [0.2, 0.25) is 21.8 Å². The highest BCUT2D eigenvalue weighted by molar-refractivity contribution is 7.88. The van der Waals surface area contributed by atoms with Crippen LogP contribution in [0.2, 0.25) is 0 Å². The summed E-state index contributed by atoms with van der Waals surface area (Å²) in [6, 6.07) is 17.4. The minimum Gasteiger partial charge on any atom is -0.382 e. The van der Waals surface area contributed by atoms with Crippen molar-refractivity contribution >= 4 is 21.8 Å². The second kappa shape index (κ2) is 13.1. The Morgan fingerprint density at radius 2 is 1.64 bits per heavy atom. The Morgan fingerprint density at radius 3 is 2.21 bits per heavy atom. The first kappa shape index (κ1) is 26.5. The van der Waals surface area contributed by atoms with Crippen LogP contribution >= 0.6 is 0 Å². The van der Waals surface area contributed by atoms with Crippen molar-refractivity contribution in [1.29, 1.82) is 0 Å². The number of likely N-dealkylation sites (N-methyl/N-ethyl adjacent to an activating group) is 1. The summed E-state index contributed by atoms with van der Waals surface area (Å²) >= 11 is 0. The average Bonchev–Trinajstić information content (AvgIpc) is 2.79. The summed E-state index contributed by atoms with van der Waals surface area (Å²) < 4.78 is 30.1. The Kier molecular flexibility index (Phi) is 10.5. The van der Waals surface area contributed by atoms with E-state index in [1.807, 2.05) is 43.3 Å². The van der Waals surface area contributed by atoms with Gasteiger partial charge in [-0.3, -0.25) is 9.59 Å². The van der Waals surface area contributed by atoms with Gasteiger partial charge in [-0.05, 0) is 24.5 Å². The van der Waals surface area contributed by atoms with Crippen LogP contribution in [-0.4, -0.2) is 69.0 Å². The minimum atomic E-state index is -3.57. The average molecular weight is 476 g/mol. The van der Waals surface area contributed by atoms with Gasteiger partial charge in [-0.25, -0.2) is 8.42 Å². The van der Waals surface area contributed by atoms with Crippen molar-refractivity contribution < 1.29 is 22.7 Å². The number of amides is 2. The van der Waals surface area contributed by atoms with Crippen LogP contribution in [-0.2, 0) is 30.9 Å². The number of nitrogens with zero attached hydrogens (tertiary/aromatic N) is 2. The lowest BCUT2D eigenvalue weighted by atomic mass is 10.0. The lowest BCUT2D eigenvalue weighted by Gasteiger charge is -2.32. The molecule has 8 nitrogen and oxygen atoms in total. The maximum Gasteiger partial charge on any atom is 0.247 e. The number of ether oxygens (including phenoxy) is 1. The van der Waals surface area contributed by atoms with Crippen molar-refractivity contribution in [2.45, 2.75) is 25.9 Å². The smallest absolute Gasteiger partial charge is 0.247 e. The molecule has 0 saturated heterocycles. The van der Waals surface area contributed by atoms with E-state index >= 15 is 0 Å². The molecule has 0 bridgehead atoms. The molecule has 0 saturated carbocycles. The molecule has 0 aliphatic rings. The van der Waals surface area contributed by atoms with E-state index in [0.717, 1.165) is 16.1 Å². The molecule has 0 aliphatic heterocycles. The van der Waals surface area contributed by atoms with Crippen LogP contribution in [0.15, 0.2) is 60.7 Å². The summed E-state index contributed by atoms with van der Waals surface area (Å²) in [6.07, 6.45) is 1.69. The highest BCUT2D eigenvalue weighted by Crippen LogP contribution is 2.24. The zero-order valence-electron chi connectivity index (χ0n) is 19.4. The molecule has 2 aromatic rings. The quantitative estimate of drug-likeness (QED) is 0.448. The maximum atomic E-state index is 13.4. The topological polar surface area (TPSA) is 96.0 Å². The Balaban J connectivity index is 2.36. The molecule has 0 radical (unpaired) electrons. The fourth-order valence-corrected chi connectivity index (χ4v) is 3.58. The lowest BCUT2D eigenvalue weighted by molar-refractivity contribution is -0.141. The molecule has 9 heteroatoms. The van der Waals surface area contributed by atoms with Crippen molar-refractivity contribution in [3.05, 3.63) is 71.8 Å². The molecular weight excluding hydrogens is 442 g/mol. The number of carbonyl (C=O) groups is 2. The summed E-state index contributed by atoms with van der Waals surface area (Å²) in [4.78, 5) is 28.1. The van der Waals surface area contributed by atoms with E-state index in [1.165, 1.54) is 11.9 Å². The third-order valence-electron chi connectivity index (χ3n) is 5.08. The second-order valence-electron chi connectivity index (χ2n) is 7.68. The zero-order chi connectivity index (χ0) is 24.3. The third-order valence-corrected chi connectivity index (χ3v) is 6.35. The summed E-state index contributed by atoms with van der Waals surface area (Å²) in [5.41, 5.74) is 1.48.